The van der Waals surface area contributed by atoms with Crippen LogP contribution in [0.25, 0.3) is 11.0 Å². The summed E-state index contributed by atoms with van der Waals surface area (Å²) >= 11 is 0. The number of carbonyl (C=O) groups is 1. The molecule has 2 aromatic rings. The molecule has 2 rings (SSSR count). The van der Waals surface area contributed by atoms with Gasteiger partial charge in [0.15, 0.2) is 5.78 Å². The summed E-state index contributed by atoms with van der Waals surface area (Å²) in [7, 11) is 0. The summed E-state index contributed by atoms with van der Waals surface area (Å²) in [5, 5.41) is 10.3. The summed E-state index contributed by atoms with van der Waals surface area (Å²) in [6, 6.07) is 4.73. The maximum atomic E-state index is 11.8. The number of carbonyl (C=O) groups excluding carboxylic acids is 1. The van der Waals surface area contributed by atoms with E-state index in [2.05, 4.69) is 0 Å². The molecule has 1 heterocycles. The molecule has 1 aromatic carbocycles. The number of benzene rings is 1. The highest BCUT2D eigenvalue weighted by atomic mass is 16.6. The molecule has 0 aliphatic carbocycles. The van der Waals surface area contributed by atoms with Crippen molar-refractivity contribution in [3.05, 3.63) is 23.8 Å². The normalized spacial score (nSPS) is 10.7. The lowest BCUT2D eigenvalue weighted by molar-refractivity contribution is 0.0987. The fourth-order valence-electron chi connectivity index (χ4n) is 1.76. The fourth-order valence-corrected chi connectivity index (χ4v) is 1.76. The summed E-state index contributed by atoms with van der Waals surface area (Å²) in [5.74, 6) is 0.225. The zero-order valence-electron chi connectivity index (χ0n) is 9.82. The predicted octanol–water partition coefficient (Wildman–Crippen LogP) is 3.13. The van der Waals surface area contributed by atoms with E-state index in [9.17, 15) is 9.90 Å². The van der Waals surface area contributed by atoms with E-state index in [0.717, 1.165) is 0 Å². The maximum absolute atomic E-state index is 11.8. The van der Waals surface area contributed by atoms with Crippen molar-refractivity contribution in [3.8, 4) is 11.7 Å². The van der Waals surface area contributed by atoms with Gasteiger partial charge in [-0.2, -0.15) is 0 Å². The average molecular weight is 234 g/mol. The second-order valence-corrected chi connectivity index (χ2v) is 3.65. The minimum absolute atomic E-state index is 0.0202. The molecule has 1 aromatic heterocycles. The largest absolute Gasteiger partial charge is 0.507 e. The number of ketones is 1. The number of aromatic hydroxyl groups is 1. The summed E-state index contributed by atoms with van der Waals surface area (Å²) in [5.41, 5.74) is 0.850. The topological polar surface area (TPSA) is 59.7 Å². The summed E-state index contributed by atoms with van der Waals surface area (Å²) in [4.78, 5) is 11.8. The molecule has 17 heavy (non-hydrogen) atoms. The first-order valence-electron chi connectivity index (χ1n) is 5.58. The molecule has 0 saturated heterocycles. The highest BCUT2D eigenvalue weighted by molar-refractivity contribution is 6.09. The maximum Gasteiger partial charge on any atom is 0.285 e. The van der Waals surface area contributed by atoms with Gasteiger partial charge in [0.25, 0.3) is 5.95 Å². The van der Waals surface area contributed by atoms with Crippen LogP contribution in [0.5, 0.6) is 11.7 Å². The van der Waals surface area contributed by atoms with Crippen molar-refractivity contribution >= 4 is 16.8 Å². The Bertz CT molecular complexity index is 554. The third-order valence-corrected chi connectivity index (χ3v) is 2.54. The minimum atomic E-state index is -0.114. The van der Waals surface area contributed by atoms with E-state index in [0.29, 0.717) is 35.5 Å². The van der Waals surface area contributed by atoms with Gasteiger partial charge in [-0.1, -0.05) is 6.92 Å². The smallest absolute Gasteiger partial charge is 0.285 e. The van der Waals surface area contributed by atoms with Crippen LogP contribution in [0.1, 0.15) is 30.6 Å². The van der Waals surface area contributed by atoms with Crippen LogP contribution in [-0.4, -0.2) is 17.5 Å². The molecule has 0 atom stereocenters. The van der Waals surface area contributed by atoms with Crippen LogP contribution in [0.15, 0.2) is 22.6 Å². The van der Waals surface area contributed by atoms with E-state index in [1.807, 2.05) is 6.92 Å². The van der Waals surface area contributed by atoms with Crippen molar-refractivity contribution in [1.82, 2.24) is 0 Å². The molecule has 4 nitrogen and oxygen atoms in total. The van der Waals surface area contributed by atoms with Crippen LogP contribution >= 0.6 is 0 Å². The van der Waals surface area contributed by atoms with Crippen LogP contribution in [-0.2, 0) is 0 Å². The quantitative estimate of drug-likeness (QED) is 0.825. The molecule has 4 heteroatoms. The lowest BCUT2D eigenvalue weighted by atomic mass is 10.0. The molecule has 0 aliphatic rings. The first-order valence-corrected chi connectivity index (χ1v) is 5.58. The number of phenols is 1. The van der Waals surface area contributed by atoms with Crippen LogP contribution in [0.2, 0.25) is 0 Å². The van der Waals surface area contributed by atoms with E-state index in [-0.39, 0.29) is 11.5 Å². The van der Waals surface area contributed by atoms with Gasteiger partial charge in [-0.15, -0.1) is 0 Å². The Balaban J connectivity index is 2.63. The Hall–Kier alpha value is -1.97. The Labute approximate surface area is 98.8 Å². The molecule has 0 saturated carbocycles. The Morgan fingerprint density at radius 2 is 2.18 bits per heavy atom. The van der Waals surface area contributed by atoms with Gasteiger partial charge in [-0.3, -0.25) is 4.79 Å². The summed E-state index contributed by atoms with van der Waals surface area (Å²) < 4.78 is 10.7. The van der Waals surface area contributed by atoms with Gasteiger partial charge in [-0.25, -0.2) is 0 Å². The molecule has 0 spiro atoms. The summed E-state index contributed by atoms with van der Waals surface area (Å²) in [6.07, 6.45) is 0.335. The summed E-state index contributed by atoms with van der Waals surface area (Å²) in [6.45, 7) is 4.09. The van der Waals surface area contributed by atoms with Crippen molar-refractivity contribution in [2.45, 2.75) is 20.3 Å². The number of hydrogen-bond donors (Lipinski definition) is 1. The molecule has 0 aliphatic heterocycles. The van der Waals surface area contributed by atoms with E-state index >= 15 is 0 Å². The van der Waals surface area contributed by atoms with Crippen molar-refractivity contribution in [2.24, 2.45) is 0 Å². The molecule has 1 N–H and O–H groups in total. The Kier molecular flexibility index (Phi) is 3.04. The number of Topliss-reactive ketones (excluding diaryl/α,β-unsaturated/α-hetero) is 1. The molecular weight excluding hydrogens is 220 g/mol. The highest BCUT2D eigenvalue weighted by Gasteiger charge is 2.17. The van der Waals surface area contributed by atoms with E-state index in [1.54, 1.807) is 19.1 Å². The molecule has 0 unspecified atom stereocenters. The molecule has 0 fully saturated rings. The van der Waals surface area contributed by atoms with Crippen LogP contribution in [0, 0.1) is 0 Å². The first kappa shape index (κ1) is 11.5. The highest BCUT2D eigenvalue weighted by Crippen LogP contribution is 2.33. The third kappa shape index (κ3) is 1.98. The number of phenolic OH excluding ortho intramolecular Hbond substituents is 1. The zero-order valence-corrected chi connectivity index (χ0v) is 9.82. The van der Waals surface area contributed by atoms with E-state index < -0.39 is 0 Å². The third-order valence-electron chi connectivity index (χ3n) is 2.54. The SMILES string of the molecule is CCOc1cc2c(C(=O)CC)c(O)ccc2o1. The van der Waals surface area contributed by atoms with E-state index in [1.165, 1.54) is 6.07 Å². The van der Waals surface area contributed by atoms with Crippen LogP contribution in [0.4, 0.5) is 0 Å². The number of furan rings is 1. The fraction of sp³-hybridized carbons (Fsp3) is 0.308. The lowest BCUT2D eigenvalue weighted by Crippen LogP contribution is -1.97. The van der Waals surface area contributed by atoms with Gasteiger partial charge >= 0.3 is 0 Å². The van der Waals surface area contributed by atoms with E-state index in [4.69, 9.17) is 9.15 Å². The lowest BCUT2D eigenvalue weighted by Gasteiger charge is -2.02. The Morgan fingerprint density at radius 1 is 1.41 bits per heavy atom. The first-order chi connectivity index (χ1) is 8.17. The number of hydrogen-bond acceptors (Lipinski definition) is 4. The molecule has 0 radical (unpaired) electrons. The van der Waals surface area contributed by atoms with Crippen LogP contribution < -0.4 is 4.74 Å². The van der Waals surface area contributed by atoms with Gasteiger partial charge < -0.3 is 14.3 Å². The van der Waals surface area contributed by atoms with Crippen molar-refractivity contribution in [3.63, 3.8) is 0 Å². The monoisotopic (exact) mass is 234 g/mol. The molecular formula is C13H14O4. The second-order valence-electron chi connectivity index (χ2n) is 3.65. The molecule has 90 valence electrons. The van der Waals surface area contributed by atoms with Gasteiger partial charge in [0, 0.05) is 17.9 Å². The van der Waals surface area contributed by atoms with Crippen molar-refractivity contribution < 1.29 is 19.1 Å². The number of rotatable bonds is 4. The predicted molar refractivity (Wildman–Crippen MR) is 63.7 cm³/mol. The number of ether oxygens (including phenoxy) is 1. The van der Waals surface area contributed by atoms with Gasteiger partial charge in [0.2, 0.25) is 0 Å². The van der Waals surface area contributed by atoms with Gasteiger partial charge in [0.1, 0.15) is 11.3 Å². The second kappa shape index (κ2) is 4.49. The zero-order chi connectivity index (χ0) is 12.4. The van der Waals surface area contributed by atoms with Crippen LogP contribution in [0.3, 0.4) is 0 Å². The van der Waals surface area contributed by atoms with Crippen molar-refractivity contribution in [1.29, 1.82) is 0 Å². The minimum Gasteiger partial charge on any atom is -0.507 e. The molecule has 0 amide bonds. The van der Waals surface area contributed by atoms with Gasteiger partial charge in [0.05, 0.1) is 12.2 Å². The van der Waals surface area contributed by atoms with Crippen molar-refractivity contribution in [2.75, 3.05) is 6.61 Å². The average Bonchev–Trinajstić information content (AvgIpc) is 2.71. The van der Waals surface area contributed by atoms with Gasteiger partial charge in [-0.05, 0) is 19.1 Å². The standard InChI is InChI=1S/C13H14O4/c1-3-9(14)13-8-7-12(16-4-2)17-11(8)6-5-10(13)15/h5-7,15H,3-4H2,1-2H3. The number of fused-ring (bicyclic) bond motifs is 1. The molecule has 0 bridgehead atoms. The Morgan fingerprint density at radius 3 is 2.82 bits per heavy atom.